The molecule has 39 heavy (non-hydrogen) atoms. The highest BCUT2D eigenvalue weighted by Gasteiger charge is 2.33. The van der Waals surface area contributed by atoms with E-state index in [2.05, 4.69) is 32.3 Å². The third-order valence-electron chi connectivity index (χ3n) is 7.14. The number of nitrogens with zero attached hydrogens (tertiary/aromatic N) is 6. The van der Waals surface area contributed by atoms with Crippen LogP contribution in [0.1, 0.15) is 59.2 Å². The Bertz CT molecular complexity index is 1570. The van der Waals surface area contributed by atoms with Crippen LogP contribution in [0.15, 0.2) is 42.7 Å². The largest absolute Gasteiger partial charge is 0.392 e. The van der Waals surface area contributed by atoms with Crippen molar-refractivity contribution in [2.75, 3.05) is 22.5 Å². The number of hydrogen-bond donors (Lipinski definition) is 3. The van der Waals surface area contributed by atoms with Crippen molar-refractivity contribution in [1.29, 1.82) is 0 Å². The van der Waals surface area contributed by atoms with E-state index >= 15 is 4.39 Å². The minimum Gasteiger partial charge on any atom is -0.392 e. The zero-order valence-corrected chi connectivity index (χ0v) is 21.6. The van der Waals surface area contributed by atoms with Crippen LogP contribution in [0, 0.1) is 5.82 Å². The lowest BCUT2D eigenvalue weighted by Gasteiger charge is -2.31. The quantitative estimate of drug-likeness (QED) is 0.310. The van der Waals surface area contributed by atoms with Gasteiger partial charge in [0.15, 0.2) is 5.82 Å². The van der Waals surface area contributed by atoms with E-state index in [4.69, 9.17) is 5.73 Å². The summed E-state index contributed by atoms with van der Waals surface area (Å²) in [5.74, 6) is -0.0653. The molecular formula is C28H29FN8O2. The second-order valence-electron chi connectivity index (χ2n) is 9.94. The molecule has 11 heteroatoms. The number of carbonyl (C=O) groups excluding carboxylic acids is 1. The Hall–Kier alpha value is -4.38. The maximum absolute atomic E-state index is 15.1. The first-order valence-electron chi connectivity index (χ1n) is 13.1. The van der Waals surface area contributed by atoms with Gasteiger partial charge in [0.05, 0.1) is 29.7 Å². The van der Waals surface area contributed by atoms with Crippen LogP contribution in [0.5, 0.6) is 0 Å². The van der Waals surface area contributed by atoms with Crippen molar-refractivity contribution in [2.45, 2.75) is 51.7 Å². The number of anilines is 4. The van der Waals surface area contributed by atoms with Crippen LogP contribution < -0.4 is 16.0 Å². The average Bonchev–Trinajstić information content (AvgIpc) is 3.68. The van der Waals surface area contributed by atoms with Crippen LogP contribution in [0.25, 0.3) is 11.4 Å². The monoisotopic (exact) mass is 528 g/mol. The SMILES string of the molecule is CCCn1cc(Nc2nc(N)nc(-c3cccc(N4CCc5cc(C6CC6)cc(F)c5C4=O)c3CO)n2)cn1. The first-order chi connectivity index (χ1) is 18.9. The fourth-order valence-electron chi connectivity index (χ4n) is 5.16. The molecule has 1 fully saturated rings. The maximum atomic E-state index is 15.1. The molecule has 0 saturated heterocycles. The number of rotatable bonds is 8. The molecule has 1 amide bonds. The second-order valence-corrected chi connectivity index (χ2v) is 9.94. The third kappa shape index (κ3) is 4.81. The summed E-state index contributed by atoms with van der Waals surface area (Å²) in [6.07, 6.45) is 7.10. The molecule has 10 nitrogen and oxygen atoms in total. The van der Waals surface area contributed by atoms with Crippen LogP contribution in [0.3, 0.4) is 0 Å². The van der Waals surface area contributed by atoms with Crippen molar-refractivity contribution < 1.29 is 14.3 Å². The summed E-state index contributed by atoms with van der Waals surface area (Å²) in [6, 6.07) is 8.71. The molecule has 2 aromatic carbocycles. The maximum Gasteiger partial charge on any atom is 0.261 e. The average molecular weight is 529 g/mol. The van der Waals surface area contributed by atoms with E-state index in [1.807, 2.05) is 16.9 Å². The fourth-order valence-corrected chi connectivity index (χ4v) is 5.16. The molecule has 0 radical (unpaired) electrons. The minimum atomic E-state index is -0.492. The van der Waals surface area contributed by atoms with Crippen molar-refractivity contribution in [3.63, 3.8) is 0 Å². The first kappa shape index (κ1) is 24.9. The van der Waals surface area contributed by atoms with Crippen molar-refractivity contribution in [3.8, 4) is 11.4 Å². The summed E-state index contributed by atoms with van der Waals surface area (Å²) in [4.78, 5) is 28.1. The van der Waals surface area contributed by atoms with Gasteiger partial charge < -0.3 is 21.1 Å². The Labute approximate surface area is 224 Å². The molecule has 0 atom stereocenters. The number of aryl methyl sites for hydroxylation is 1. The summed E-state index contributed by atoms with van der Waals surface area (Å²) in [6.45, 7) is 2.83. The molecule has 2 aliphatic rings. The van der Waals surface area contributed by atoms with Crippen LogP contribution in [-0.4, -0.2) is 42.3 Å². The molecular weight excluding hydrogens is 499 g/mol. The van der Waals surface area contributed by atoms with Gasteiger partial charge in [0.25, 0.3) is 5.91 Å². The lowest BCUT2D eigenvalue weighted by Crippen LogP contribution is -2.39. The van der Waals surface area contributed by atoms with Crippen LogP contribution >= 0.6 is 0 Å². The lowest BCUT2D eigenvalue weighted by molar-refractivity contribution is 0.0976. The van der Waals surface area contributed by atoms with Crippen LogP contribution in [0.4, 0.5) is 27.7 Å². The number of nitrogen functional groups attached to an aromatic ring is 1. The molecule has 200 valence electrons. The molecule has 0 spiro atoms. The number of nitrogens with two attached hydrogens (primary N) is 1. The summed E-state index contributed by atoms with van der Waals surface area (Å²) in [5, 5.41) is 17.8. The number of benzene rings is 2. The number of halogens is 1. The highest BCUT2D eigenvalue weighted by atomic mass is 19.1. The summed E-state index contributed by atoms with van der Waals surface area (Å²) < 4.78 is 17.0. The van der Waals surface area contributed by atoms with Crippen molar-refractivity contribution in [3.05, 3.63) is 70.8 Å². The minimum absolute atomic E-state index is 0.00532. The van der Waals surface area contributed by atoms with Gasteiger partial charge in [-0.1, -0.05) is 25.1 Å². The molecule has 0 unspecified atom stereocenters. The Morgan fingerprint density at radius 3 is 2.82 bits per heavy atom. The van der Waals surface area contributed by atoms with Crippen molar-refractivity contribution in [2.24, 2.45) is 0 Å². The van der Waals surface area contributed by atoms with E-state index in [1.54, 1.807) is 24.4 Å². The molecule has 2 aromatic heterocycles. The summed E-state index contributed by atoms with van der Waals surface area (Å²) >= 11 is 0. The van der Waals surface area contributed by atoms with Crippen LogP contribution in [-0.2, 0) is 19.6 Å². The van der Waals surface area contributed by atoms with Gasteiger partial charge in [-0.05, 0) is 54.9 Å². The van der Waals surface area contributed by atoms with E-state index in [0.717, 1.165) is 36.9 Å². The number of aliphatic hydroxyl groups is 1. The molecule has 4 N–H and O–H groups in total. The number of aromatic nitrogens is 5. The number of aliphatic hydroxyl groups excluding tert-OH is 1. The molecule has 1 saturated carbocycles. The normalized spacial score (nSPS) is 14.9. The van der Waals surface area contributed by atoms with Crippen molar-refractivity contribution >= 4 is 29.2 Å². The molecule has 1 aliphatic heterocycles. The Morgan fingerprint density at radius 1 is 1.21 bits per heavy atom. The Morgan fingerprint density at radius 2 is 2.05 bits per heavy atom. The highest BCUT2D eigenvalue weighted by Crippen LogP contribution is 2.42. The summed E-state index contributed by atoms with van der Waals surface area (Å²) in [7, 11) is 0. The number of hydrogen-bond acceptors (Lipinski definition) is 8. The van der Waals surface area contributed by atoms with Gasteiger partial charge in [-0.25, -0.2) is 4.39 Å². The van der Waals surface area contributed by atoms with Gasteiger partial charge in [0, 0.05) is 30.4 Å². The number of nitrogens with one attached hydrogen (secondary N) is 1. The predicted octanol–water partition coefficient (Wildman–Crippen LogP) is 4.18. The topological polar surface area (TPSA) is 135 Å². The smallest absolute Gasteiger partial charge is 0.261 e. The van der Waals surface area contributed by atoms with E-state index in [-0.39, 0.29) is 29.9 Å². The first-order valence-corrected chi connectivity index (χ1v) is 13.1. The Kier molecular flexibility index (Phi) is 6.43. The Balaban J connectivity index is 1.33. The standard InChI is InChI=1S/C28H29FN8O2/c1-2-9-36-14-19(13-31-36)32-28-34-25(33-27(30)35-28)20-4-3-5-23(21(20)15-38)37-10-8-17-11-18(16-6-7-16)12-22(29)24(17)26(37)39/h3-5,11-14,16,38H,2,6-10,15H2,1H3,(H3,30,32,33,34,35). The molecule has 4 aromatic rings. The van der Waals surface area contributed by atoms with E-state index in [1.165, 1.54) is 11.0 Å². The molecule has 6 rings (SSSR count). The fraction of sp³-hybridized carbons (Fsp3) is 0.321. The molecule has 3 heterocycles. The van der Waals surface area contributed by atoms with E-state index in [9.17, 15) is 9.90 Å². The van der Waals surface area contributed by atoms with E-state index in [0.29, 0.717) is 41.4 Å². The zero-order chi connectivity index (χ0) is 27.1. The number of fused-ring (bicyclic) bond motifs is 1. The highest BCUT2D eigenvalue weighted by molar-refractivity contribution is 6.09. The summed E-state index contributed by atoms with van der Waals surface area (Å²) in [5.41, 5.74) is 9.93. The van der Waals surface area contributed by atoms with Gasteiger partial charge in [0.1, 0.15) is 5.82 Å². The van der Waals surface area contributed by atoms with Gasteiger partial charge in [-0.3, -0.25) is 9.48 Å². The van der Waals surface area contributed by atoms with Gasteiger partial charge in [0.2, 0.25) is 11.9 Å². The van der Waals surface area contributed by atoms with Gasteiger partial charge in [-0.15, -0.1) is 0 Å². The third-order valence-corrected chi connectivity index (χ3v) is 7.14. The lowest BCUT2D eigenvalue weighted by atomic mass is 9.93. The number of amides is 1. The van der Waals surface area contributed by atoms with Crippen LogP contribution in [0.2, 0.25) is 0 Å². The predicted molar refractivity (Wildman–Crippen MR) is 145 cm³/mol. The molecule has 0 bridgehead atoms. The molecule has 1 aliphatic carbocycles. The number of carbonyl (C=O) groups is 1. The van der Waals surface area contributed by atoms with Gasteiger partial charge >= 0.3 is 0 Å². The van der Waals surface area contributed by atoms with Gasteiger partial charge in [-0.2, -0.15) is 20.1 Å². The second kappa shape index (κ2) is 10.1. The zero-order valence-electron chi connectivity index (χ0n) is 21.6. The van der Waals surface area contributed by atoms with Crippen molar-refractivity contribution in [1.82, 2.24) is 24.7 Å². The van der Waals surface area contributed by atoms with E-state index < -0.39 is 11.7 Å².